The van der Waals surface area contributed by atoms with Gasteiger partial charge in [0, 0.05) is 11.1 Å². The predicted molar refractivity (Wildman–Crippen MR) is 65.8 cm³/mol. The summed E-state index contributed by atoms with van der Waals surface area (Å²) in [6.07, 6.45) is 1.49. The Morgan fingerprint density at radius 3 is 2.69 bits per heavy atom. The first-order chi connectivity index (χ1) is 7.36. The highest BCUT2D eigenvalue weighted by Gasteiger charge is 2.18. The van der Waals surface area contributed by atoms with Crippen LogP contribution in [0.4, 0.5) is 5.69 Å². The number of hydrogen-bond acceptors (Lipinski definition) is 3. The van der Waals surface area contributed by atoms with Crippen molar-refractivity contribution >= 4 is 27.3 Å². The summed E-state index contributed by atoms with van der Waals surface area (Å²) in [4.78, 5) is 0.0191. The van der Waals surface area contributed by atoms with Gasteiger partial charge in [0.1, 0.15) is 4.90 Å². The van der Waals surface area contributed by atoms with Crippen LogP contribution < -0.4 is 10.5 Å². The van der Waals surface area contributed by atoms with Crippen LogP contribution in [-0.4, -0.2) is 14.5 Å². The van der Waals surface area contributed by atoms with E-state index in [1.165, 1.54) is 24.3 Å². The van der Waals surface area contributed by atoms with Crippen LogP contribution >= 0.6 is 11.6 Å². The van der Waals surface area contributed by atoms with Gasteiger partial charge in [0.15, 0.2) is 0 Å². The Morgan fingerprint density at radius 2 is 2.19 bits per heavy atom. The largest absolute Gasteiger partial charge is 0.398 e. The molecule has 0 bridgehead atoms. The minimum atomic E-state index is -3.62. The molecule has 0 heterocycles. The Bertz CT molecular complexity index is 500. The molecule has 88 valence electrons. The summed E-state index contributed by atoms with van der Waals surface area (Å²) < 4.78 is 26.1. The zero-order chi connectivity index (χ0) is 12.3. The fraction of sp³-hybridized carbons (Fsp3) is 0.200. The summed E-state index contributed by atoms with van der Waals surface area (Å²) in [5.41, 5.74) is 5.72. The Hall–Kier alpha value is -1.04. The number of anilines is 1. The van der Waals surface area contributed by atoms with Crippen molar-refractivity contribution in [3.8, 4) is 0 Å². The molecule has 0 aromatic heterocycles. The number of hydrogen-bond donors (Lipinski definition) is 2. The van der Waals surface area contributed by atoms with Crippen LogP contribution in [0.3, 0.4) is 0 Å². The number of benzene rings is 1. The minimum Gasteiger partial charge on any atom is -0.398 e. The number of nitrogens with one attached hydrogen (secondary N) is 1. The van der Waals surface area contributed by atoms with Crippen LogP contribution in [0, 0.1) is 0 Å². The van der Waals surface area contributed by atoms with Crippen molar-refractivity contribution in [2.75, 3.05) is 5.73 Å². The second-order valence-corrected chi connectivity index (χ2v) is 5.45. The van der Waals surface area contributed by atoms with Crippen LogP contribution in [0.25, 0.3) is 0 Å². The molecule has 0 amide bonds. The van der Waals surface area contributed by atoms with E-state index in [2.05, 4.69) is 11.3 Å². The summed E-state index contributed by atoms with van der Waals surface area (Å²) in [6.45, 7) is 5.17. The van der Waals surface area contributed by atoms with E-state index in [0.717, 1.165) is 0 Å². The van der Waals surface area contributed by atoms with Gasteiger partial charge in [-0.15, -0.1) is 6.58 Å². The Labute approximate surface area is 100 Å². The lowest BCUT2D eigenvalue weighted by Crippen LogP contribution is -2.31. The number of sulfonamides is 1. The third-order valence-corrected chi connectivity index (χ3v) is 3.82. The molecular weight excluding hydrogens is 248 g/mol. The molecule has 0 aliphatic heterocycles. The average Bonchev–Trinajstić information content (AvgIpc) is 2.16. The van der Waals surface area contributed by atoms with Crippen LogP contribution in [0.1, 0.15) is 6.92 Å². The van der Waals surface area contributed by atoms with Crippen molar-refractivity contribution in [3.63, 3.8) is 0 Å². The van der Waals surface area contributed by atoms with Crippen molar-refractivity contribution in [2.45, 2.75) is 17.9 Å². The quantitative estimate of drug-likeness (QED) is 0.640. The lowest BCUT2D eigenvalue weighted by Gasteiger charge is -2.12. The number of nitrogens with two attached hydrogens (primary N) is 1. The first kappa shape index (κ1) is 13.0. The highest BCUT2D eigenvalue weighted by Crippen LogP contribution is 2.22. The molecule has 0 saturated carbocycles. The molecule has 6 heteroatoms. The van der Waals surface area contributed by atoms with Gasteiger partial charge in [0.05, 0.1) is 5.69 Å². The highest BCUT2D eigenvalue weighted by molar-refractivity contribution is 7.89. The van der Waals surface area contributed by atoms with Gasteiger partial charge in [-0.25, -0.2) is 13.1 Å². The van der Waals surface area contributed by atoms with Gasteiger partial charge in [0.25, 0.3) is 0 Å². The lowest BCUT2D eigenvalue weighted by molar-refractivity contribution is 0.576. The smallest absolute Gasteiger partial charge is 0.243 e. The lowest BCUT2D eigenvalue weighted by atomic mass is 10.3. The molecule has 1 unspecified atom stereocenters. The van der Waals surface area contributed by atoms with E-state index in [1.807, 2.05) is 0 Å². The van der Waals surface area contributed by atoms with Gasteiger partial charge in [-0.2, -0.15) is 0 Å². The third kappa shape index (κ3) is 2.98. The zero-order valence-electron chi connectivity index (χ0n) is 8.77. The molecule has 0 aliphatic carbocycles. The van der Waals surface area contributed by atoms with Crippen molar-refractivity contribution in [1.82, 2.24) is 4.72 Å². The van der Waals surface area contributed by atoms with Crippen molar-refractivity contribution in [1.29, 1.82) is 0 Å². The summed E-state index contributed by atoms with van der Waals surface area (Å²) in [6, 6.07) is 3.88. The zero-order valence-corrected chi connectivity index (χ0v) is 10.3. The summed E-state index contributed by atoms with van der Waals surface area (Å²) >= 11 is 5.69. The topological polar surface area (TPSA) is 72.2 Å². The van der Waals surface area contributed by atoms with Crippen molar-refractivity contribution in [2.24, 2.45) is 0 Å². The van der Waals surface area contributed by atoms with E-state index in [1.54, 1.807) is 6.92 Å². The molecule has 0 fully saturated rings. The van der Waals surface area contributed by atoms with Gasteiger partial charge < -0.3 is 5.73 Å². The van der Waals surface area contributed by atoms with E-state index >= 15 is 0 Å². The molecule has 1 rings (SSSR count). The highest BCUT2D eigenvalue weighted by atomic mass is 35.5. The normalized spacial score (nSPS) is 13.4. The van der Waals surface area contributed by atoms with E-state index in [9.17, 15) is 8.42 Å². The van der Waals surface area contributed by atoms with Crippen LogP contribution in [-0.2, 0) is 10.0 Å². The fourth-order valence-electron chi connectivity index (χ4n) is 1.12. The number of rotatable bonds is 4. The van der Waals surface area contributed by atoms with Crippen LogP contribution in [0.5, 0.6) is 0 Å². The standard InChI is InChI=1S/C10H13ClN2O2S/c1-3-7(2)13-16(14,15)10-5-4-8(11)6-9(10)12/h3-7,13H,1,12H2,2H3. The van der Waals surface area contributed by atoms with Gasteiger partial charge in [0.2, 0.25) is 10.0 Å². The van der Waals surface area contributed by atoms with E-state index < -0.39 is 10.0 Å². The summed E-state index contributed by atoms with van der Waals surface area (Å²) in [5.74, 6) is 0. The molecule has 1 atom stereocenters. The molecule has 1 aromatic carbocycles. The number of halogens is 1. The van der Waals surface area contributed by atoms with Gasteiger partial charge in [-0.05, 0) is 25.1 Å². The molecule has 0 radical (unpaired) electrons. The first-order valence-electron chi connectivity index (χ1n) is 4.56. The van der Waals surface area contributed by atoms with E-state index in [4.69, 9.17) is 17.3 Å². The van der Waals surface area contributed by atoms with E-state index in [-0.39, 0.29) is 16.6 Å². The molecule has 0 saturated heterocycles. The fourth-order valence-corrected chi connectivity index (χ4v) is 2.63. The molecule has 0 spiro atoms. The Kier molecular flexibility index (Phi) is 3.96. The van der Waals surface area contributed by atoms with E-state index in [0.29, 0.717) is 5.02 Å². The van der Waals surface area contributed by atoms with Gasteiger partial charge in [-0.3, -0.25) is 0 Å². The van der Waals surface area contributed by atoms with Crippen molar-refractivity contribution in [3.05, 3.63) is 35.9 Å². The molecule has 16 heavy (non-hydrogen) atoms. The van der Waals surface area contributed by atoms with Crippen LogP contribution in [0.15, 0.2) is 35.7 Å². The first-order valence-corrected chi connectivity index (χ1v) is 6.43. The van der Waals surface area contributed by atoms with Gasteiger partial charge in [-0.1, -0.05) is 17.7 Å². The second-order valence-electron chi connectivity index (χ2n) is 3.33. The Morgan fingerprint density at radius 1 is 1.56 bits per heavy atom. The van der Waals surface area contributed by atoms with Crippen LogP contribution in [0.2, 0.25) is 5.02 Å². The summed E-state index contributed by atoms with van der Waals surface area (Å²) in [7, 11) is -3.62. The maximum atomic E-state index is 11.9. The van der Waals surface area contributed by atoms with Gasteiger partial charge >= 0.3 is 0 Å². The third-order valence-electron chi connectivity index (χ3n) is 1.96. The summed E-state index contributed by atoms with van der Waals surface area (Å²) in [5, 5.41) is 0.396. The average molecular weight is 261 g/mol. The molecule has 3 N–H and O–H groups in total. The molecule has 0 aliphatic rings. The SMILES string of the molecule is C=CC(C)NS(=O)(=O)c1ccc(Cl)cc1N. The maximum absolute atomic E-state index is 11.9. The molecule has 1 aromatic rings. The Balaban J connectivity index is 3.12. The maximum Gasteiger partial charge on any atom is 0.243 e. The minimum absolute atomic E-state index is 0.0191. The van der Waals surface area contributed by atoms with Crippen molar-refractivity contribution < 1.29 is 8.42 Å². The second kappa shape index (κ2) is 4.86. The molecular formula is C10H13ClN2O2S. The predicted octanol–water partition coefficient (Wildman–Crippen LogP) is 1.78. The monoisotopic (exact) mass is 260 g/mol. The molecule has 4 nitrogen and oxygen atoms in total. The number of nitrogen functional groups attached to an aromatic ring is 1.